The minimum Gasteiger partial charge on any atom is -0.508 e. The number of carbonyl (C=O) groups is 8. The number of nitrogens with zero attached hydrogens (tertiary/aromatic N) is 2. The van der Waals surface area contributed by atoms with Crippen LogP contribution in [-0.4, -0.2) is 131 Å². The Labute approximate surface area is 423 Å². The molecule has 1 aliphatic heterocycles. The number of rotatable bonds is 25. The number of fused-ring (bicyclic) bond motifs is 1. The van der Waals surface area contributed by atoms with Crippen LogP contribution >= 0.6 is 0 Å². The first-order valence-electron chi connectivity index (χ1n) is 24.3. The van der Waals surface area contributed by atoms with Crippen molar-refractivity contribution in [1.29, 1.82) is 0 Å². The maximum absolute atomic E-state index is 14.3. The van der Waals surface area contributed by atoms with E-state index >= 15 is 0 Å². The molecule has 1 aliphatic rings. The lowest BCUT2D eigenvalue weighted by Gasteiger charge is -2.30. The summed E-state index contributed by atoms with van der Waals surface area (Å²) in [6.07, 6.45) is 0.999. The minimum absolute atomic E-state index is 0.0404. The minimum atomic E-state index is -1.43. The molecule has 0 radical (unpaired) electrons. The van der Waals surface area contributed by atoms with E-state index in [9.17, 15) is 48.6 Å². The molecule has 1 heterocycles. The molecule has 4 aromatic rings. The summed E-state index contributed by atoms with van der Waals surface area (Å²) in [6, 6.07) is 20.3. The van der Waals surface area contributed by atoms with E-state index in [0.717, 1.165) is 10.8 Å². The highest BCUT2D eigenvalue weighted by molar-refractivity contribution is 5.99. The monoisotopic (exact) mass is 1010 g/mol. The first kappa shape index (κ1) is 55.9. The smallest absolute Gasteiger partial charge is 0.245 e. The Hall–Kier alpha value is -8.07. The topological polar surface area (TPSA) is 329 Å². The van der Waals surface area contributed by atoms with Crippen molar-refractivity contribution in [2.24, 2.45) is 22.4 Å². The van der Waals surface area contributed by atoms with Crippen molar-refractivity contribution >= 4 is 69.7 Å². The molecule has 1 saturated heterocycles. The summed E-state index contributed by atoms with van der Waals surface area (Å²) in [5.41, 5.74) is 12.8. The second-order valence-corrected chi connectivity index (χ2v) is 18.3. The second-order valence-electron chi connectivity index (χ2n) is 18.3. The predicted octanol–water partition coefficient (Wildman–Crippen LogP) is 0.612. The van der Waals surface area contributed by atoms with Crippen LogP contribution in [0.25, 0.3) is 10.8 Å². The van der Waals surface area contributed by atoms with E-state index in [4.69, 9.17) is 11.5 Å². The van der Waals surface area contributed by atoms with Gasteiger partial charge < -0.3 is 63.8 Å². The van der Waals surface area contributed by atoms with Crippen molar-refractivity contribution in [2.75, 3.05) is 31.6 Å². The largest absolute Gasteiger partial charge is 0.508 e. The fraction of sp³-hybridized carbons (Fsp3) is 0.404. The van der Waals surface area contributed by atoms with Crippen molar-refractivity contribution in [3.05, 3.63) is 108 Å². The summed E-state index contributed by atoms with van der Waals surface area (Å²) in [5, 5.41) is 40.4. The van der Waals surface area contributed by atoms with Gasteiger partial charge in [-0.3, -0.25) is 43.3 Å². The Morgan fingerprint density at radius 2 is 1.34 bits per heavy atom. The maximum Gasteiger partial charge on any atom is 0.245 e. The molecule has 0 spiro atoms. The number of aromatic hydroxyl groups is 1. The third kappa shape index (κ3) is 17.6. The van der Waals surface area contributed by atoms with Crippen molar-refractivity contribution in [3.8, 4) is 5.75 Å². The van der Waals surface area contributed by atoms with Crippen molar-refractivity contribution in [3.63, 3.8) is 0 Å². The van der Waals surface area contributed by atoms with Crippen LogP contribution in [0, 0.1) is 5.92 Å². The average Bonchev–Trinajstić information content (AvgIpc) is 3.86. The number of hydrogen-bond donors (Lipinski definition) is 11. The number of aliphatic imine (C=N–C) groups is 1. The molecule has 6 atom stereocenters. The molecule has 21 heteroatoms. The molecule has 0 unspecified atom stereocenters. The van der Waals surface area contributed by atoms with E-state index in [1.165, 1.54) is 36.1 Å². The molecule has 8 amide bonds. The number of phenols is 1. The zero-order chi connectivity index (χ0) is 53.0. The van der Waals surface area contributed by atoms with Gasteiger partial charge in [-0.1, -0.05) is 86.6 Å². The lowest BCUT2D eigenvalue weighted by Crippen LogP contribution is -2.60. The SMILES string of the molecule is CC(C)C[C@H](NC(=O)[C@H](C)NC(=O)[C@H](Cc1ccc(O)cc1)NC(=O)[C@H](CO)NC(=O)Cc1ccccc1)C(=O)N[C@@H](CCCN=C(N)N)C(=O)N1CCC[C@H]1C(=O)NCC(=O)Nc1ccc2ccccc2c1. The number of nitrogens with two attached hydrogens (primary N) is 2. The number of guanidine groups is 1. The van der Waals surface area contributed by atoms with E-state index in [0.29, 0.717) is 29.7 Å². The van der Waals surface area contributed by atoms with Gasteiger partial charge in [-0.25, -0.2) is 0 Å². The first-order valence-corrected chi connectivity index (χ1v) is 24.3. The Morgan fingerprint density at radius 3 is 2.03 bits per heavy atom. The number of benzene rings is 4. The third-order valence-corrected chi connectivity index (χ3v) is 12.0. The van der Waals surface area contributed by atoms with Crippen LogP contribution in [0.4, 0.5) is 5.69 Å². The number of aliphatic hydroxyl groups excluding tert-OH is 1. The van der Waals surface area contributed by atoms with Crippen LogP contribution < -0.4 is 48.7 Å². The first-order chi connectivity index (χ1) is 34.9. The number of nitrogens with one attached hydrogen (secondary N) is 7. The molecule has 390 valence electrons. The van der Waals surface area contributed by atoms with Gasteiger partial charge >= 0.3 is 0 Å². The van der Waals surface area contributed by atoms with Crippen LogP contribution in [0.15, 0.2) is 102 Å². The second kappa shape index (κ2) is 27.5. The third-order valence-electron chi connectivity index (χ3n) is 12.0. The van der Waals surface area contributed by atoms with Gasteiger partial charge in [0.05, 0.1) is 19.6 Å². The molecule has 0 saturated carbocycles. The number of anilines is 1. The Morgan fingerprint density at radius 1 is 0.699 bits per heavy atom. The Bertz CT molecular complexity index is 2590. The lowest BCUT2D eigenvalue weighted by atomic mass is 10.0. The highest BCUT2D eigenvalue weighted by atomic mass is 16.3. The van der Waals surface area contributed by atoms with Crippen LogP contribution in [-0.2, 0) is 51.2 Å². The van der Waals surface area contributed by atoms with Gasteiger partial charge in [0.25, 0.3) is 0 Å². The van der Waals surface area contributed by atoms with Gasteiger partial charge in [0.15, 0.2) is 5.96 Å². The summed E-state index contributed by atoms with van der Waals surface area (Å²) >= 11 is 0. The molecule has 5 rings (SSSR count). The summed E-state index contributed by atoms with van der Waals surface area (Å²) in [7, 11) is 0. The van der Waals surface area contributed by atoms with Gasteiger partial charge in [-0.15, -0.1) is 0 Å². The number of phenolic OH excluding ortho intramolecular Hbond substituents is 1. The highest BCUT2D eigenvalue weighted by Crippen LogP contribution is 2.22. The predicted molar refractivity (Wildman–Crippen MR) is 274 cm³/mol. The fourth-order valence-electron chi connectivity index (χ4n) is 8.24. The fourth-order valence-corrected chi connectivity index (χ4v) is 8.24. The standard InChI is InChI=1S/C52H67N11O10/c1-31(2)25-40(61-46(68)32(3)57-47(69)41(26-34-17-21-38(65)22-18-34)62-49(71)42(30-64)59-44(66)27-33-11-5-4-6-12-33)48(70)60-39(15-9-23-55-52(53)54)51(73)63-24-10-16-43(63)50(72)56-29-45(67)58-37-20-19-35-13-7-8-14-36(35)28-37/h4-8,11-14,17-22,28,31-32,39-43,64-65H,9-10,15-16,23-27,29-30H2,1-3H3,(H,56,72)(H,57,69)(H,58,67)(H,59,66)(H,60,70)(H,61,68)(H,62,71)(H4,53,54,55)/t32-,39-,40-,41-,42-,43-/m0/s1. The van der Waals surface area contributed by atoms with E-state index < -0.39 is 90.1 Å². The molecule has 0 aromatic heterocycles. The number of carbonyl (C=O) groups excluding carboxylic acids is 8. The summed E-state index contributed by atoms with van der Waals surface area (Å²) in [6.45, 7) is 4.20. The van der Waals surface area contributed by atoms with E-state index in [1.54, 1.807) is 36.4 Å². The molecule has 0 bridgehead atoms. The molecule has 13 N–H and O–H groups in total. The number of likely N-dealkylation sites (tertiary alicyclic amines) is 1. The maximum atomic E-state index is 14.3. The van der Waals surface area contributed by atoms with Gasteiger partial charge in [-0.05, 0) is 91.1 Å². The van der Waals surface area contributed by atoms with E-state index in [1.807, 2.05) is 50.2 Å². The summed E-state index contributed by atoms with van der Waals surface area (Å²) in [5.74, 6) is -5.67. The number of amides is 8. The summed E-state index contributed by atoms with van der Waals surface area (Å²) in [4.78, 5) is 114. The lowest BCUT2D eigenvalue weighted by molar-refractivity contribution is -0.142. The van der Waals surface area contributed by atoms with E-state index in [-0.39, 0.29) is 69.4 Å². The highest BCUT2D eigenvalue weighted by Gasteiger charge is 2.39. The zero-order valence-electron chi connectivity index (χ0n) is 41.3. The van der Waals surface area contributed by atoms with Gasteiger partial charge in [-0.2, -0.15) is 0 Å². The average molecular weight is 1010 g/mol. The van der Waals surface area contributed by atoms with Gasteiger partial charge in [0, 0.05) is 25.2 Å². The molecular formula is C52H67N11O10. The zero-order valence-corrected chi connectivity index (χ0v) is 41.3. The van der Waals surface area contributed by atoms with Crippen LogP contribution in [0.1, 0.15) is 64.0 Å². The normalized spacial score (nSPS) is 15.1. The molecule has 0 aliphatic carbocycles. The summed E-state index contributed by atoms with van der Waals surface area (Å²) < 4.78 is 0. The molecule has 73 heavy (non-hydrogen) atoms. The van der Waals surface area contributed by atoms with Crippen LogP contribution in [0.3, 0.4) is 0 Å². The molecule has 21 nitrogen and oxygen atoms in total. The van der Waals surface area contributed by atoms with E-state index in [2.05, 4.69) is 42.2 Å². The Kier molecular flexibility index (Phi) is 21.0. The molecule has 4 aromatic carbocycles. The Balaban J connectivity index is 1.24. The van der Waals surface area contributed by atoms with Gasteiger partial charge in [0.2, 0.25) is 47.3 Å². The van der Waals surface area contributed by atoms with Crippen molar-refractivity contribution in [2.45, 2.75) is 102 Å². The van der Waals surface area contributed by atoms with Gasteiger partial charge in [0.1, 0.15) is 42.0 Å². The van der Waals surface area contributed by atoms with Crippen molar-refractivity contribution < 1.29 is 48.6 Å². The van der Waals surface area contributed by atoms with Crippen LogP contribution in [0.2, 0.25) is 0 Å². The number of hydrogen-bond acceptors (Lipinski definition) is 11. The van der Waals surface area contributed by atoms with Crippen molar-refractivity contribution in [1.82, 2.24) is 36.8 Å². The van der Waals surface area contributed by atoms with Crippen LogP contribution in [0.5, 0.6) is 5.75 Å². The molecule has 1 fully saturated rings. The molecular weight excluding hydrogens is 939 g/mol. The quantitative estimate of drug-likeness (QED) is 0.0247. The number of aliphatic hydroxyl groups is 1.